The predicted molar refractivity (Wildman–Crippen MR) is 80.6 cm³/mol. The number of hydrogen-bond acceptors (Lipinski definition) is 4. The molecule has 18 heavy (non-hydrogen) atoms. The Morgan fingerprint density at radius 1 is 1.50 bits per heavy atom. The largest absolute Gasteiger partial charge is 0.356 e. The van der Waals surface area contributed by atoms with E-state index in [1.807, 2.05) is 7.05 Å². The summed E-state index contributed by atoms with van der Waals surface area (Å²) in [6.07, 6.45) is 2.47. The molecule has 0 bridgehead atoms. The summed E-state index contributed by atoms with van der Waals surface area (Å²) in [5, 5.41) is 2.54. The predicted octanol–water partition coefficient (Wildman–Crippen LogP) is 4.02. The molecule has 0 amide bonds. The molecule has 2 aromatic rings. The molecule has 2 heterocycles. The van der Waals surface area contributed by atoms with Crippen LogP contribution in [0, 0.1) is 0 Å². The second kappa shape index (κ2) is 5.99. The quantitative estimate of drug-likeness (QED) is 0.783. The van der Waals surface area contributed by atoms with Gasteiger partial charge < -0.3 is 4.90 Å². The van der Waals surface area contributed by atoms with Gasteiger partial charge in [-0.05, 0) is 34.3 Å². The first-order valence-corrected chi connectivity index (χ1v) is 7.56. The summed E-state index contributed by atoms with van der Waals surface area (Å²) in [6, 6.07) is 4.56. The van der Waals surface area contributed by atoms with E-state index in [1.54, 1.807) is 11.3 Å². The van der Waals surface area contributed by atoms with E-state index in [1.165, 1.54) is 11.2 Å². The van der Waals surface area contributed by atoms with E-state index >= 15 is 0 Å². The van der Waals surface area contributed by atoms with Crippen molar-refractivity contribution in [1.29, 1.82) is 0 Å². The number of nitrogens with zero attached hydrogens (tertiary/aromatic N) is 3. The molecule has 0 fully saturated rings. The zero-order valence-electron chi connectivity index (χ0n) is 10.1. The summed E-state index contributed by atoms with van der Waals surface area (Å²) < 4.78 is 0.743. The summed E-state index contributed by atoms with van der Waals surface area (Å²) in [5.41, 5.74) is 0. The molecular weight excluding hydrogens is 334 g/mol. The molecular formula is C12H13BrClN3S. The zero-order chi connectivity index (χ0) is 13.1. The molecule has 96 valence electrons. The normalized spacial score (nSPS) is 12.4. The van der Waals surface area contributed by atoms with Crippen molar-refractivity contribution < 1.29 is 0 Å². The fraction of sp³-hybridized carbons (Fsp3) is 0.333. The lowest BCUT2D eigenvalue weighted by Gasteiger charge is -2.26. The van der Waals surface area contributed by atoms with Crippen LogP contribution in [0.1, 0.15) is 11.8 Å². The van der Waals surface area contributed by atoms with E-state index in [2.05, 4.69) is 55.2 Å². The van der Waals surface area contributed by atoms with E-state index in [9.17, 15) is 0 Å². The van der Waals surface area contributed by atoms with Crippen LogP contribution in [0.2, 0.25) is 5.15 Å². The lowest BCUT2D eigenvalue weighted by Crippen LogP contribution is -2.31. The molecule has 1 atom stereocenters. The molecule has 0 aliphatic carbocycles. The minimum atomic E-state index is 0.339. The maximum Gasteiger partial charge on any atom is 0.148 e. The van der Waals surface area contributed by atoms with Crippen molar-refractivity contribution in [2.75, 3.05) is 11.9 Å². The highest BCUT2D eigenvalue weighted by Crippen LogP contribution is 2.30. The van der Waals surface area contributed by atoms with Crippen molar-refractivity contribution in [1.82, 2.24) is 9.97 Å². The average Bonchev–Trinajstić information content (AvgIpc) is 2.84. The topological polar surface area (TPSA) is 29.0 Å². The van der Waals surface area contributed by atoms with Crippen LogP contribution in [0.3, 0.4) is 0 Å². The Bertz CT molecular complexity index is 518. The molecule has 0 spiro atoms. The SMILES string of the molecule is CC(Cc1cccs1)N(C)c1ncnc(Cl)c1Br. The Hall–Kier alpha value is -0.650. The Balaban J connectivity index is 2.15. The Morgan fingerprint density at radius 3 is 2.94 bits per heavy atom. The highest BCUT2D eigenvalue weighted by atomic mass is 79.9. The molecule has 1 unspecified atom stereocenters. The third kappa shape index (κ3) is 3.02. The summed E-state index contributed by atoms with van der Waals surface area (Å²) in [4.78, 5) is 11.7. The van der Waals surface area contributed by atoms with Crippen LogP contribution in [0.4, 0.5) is 5.82 Å². The van der Waals surface area contributed by atoms with Gasteiger partial charge in [0, 0.05) is 24.4 Å². The number of hydrogen-bond donors (Lipinski definition) is 0. The fourth-order valence-electron chi connectivity index (χ4n) is 1.65. The molecule has 0 aromatic carbocycles. The van der Waals surface area contributed by atoms with Crippen LogP contribution in [-0.4, -0.2) is 23.1 Å². The first-order valence-electron chi connectivity index (χ1n) is 5.50. The first kappa shape index (κ1) is 13.8. The monoisotopic (exact) mass is 345 g/mol. The van der Waals surface area contributed by atoms with Crippen LogP contribution >= 0.6 is 38.9 Å². The van der Waals surface area contributed by atoms with E-state index in [4.69, 9.17) is 11.6 Å². The second-order valence-corrected chi connectivity index (χ2v) is 6.23. The van der Waals surface area contributed by atoms with E-state index in [0.717, 1.165) is 16.7 Å². The summed E-state index contributed by atoms with van der Waals surface area (Å²) in [5.74, 6) is 0.819. The van der Waals surface area contributed by atoms with Crippen molar-refractivity contribution in [3.63, 3.8) is 0 Å². The number of likely N-dealkylation sites (N-methyl/N-ethyl adjacent to an activating group) is 1. The van der Waals surface area contributed by atoms with Gasteiger partial charge in [-0.25, -0.2) is 9.97 Å². The van der Waals surface area contributed by atoms with Gasteiger partial charge in [0.05, 0.1) is 4.47 Å². The molecule has 0 saturated carbocycles. The number of aromatic nitrogens is 2. The lowest BCUT2D eigenvalue weighted by atomic mass is 10.2. The van der Waals surface area contributed by atoms with Gasteiger partial charge in [0.25, 0.3) is 0 Å². The van der Waals surface area contributed by atoms with E-state index in [-0.39, 0.29) is 0 Å². The van der Waals surface area contributed by atoms with Crippen molar-refractivity contribution in [2.24, 2.45) is 0 Å². The van der Waals surface area contributed by atoms with E-state index in [0.29, 0.717) is 11.2 Å². The number of rotatable bonds is 4. The molecule has 0 aliphatic heterocycles. The van der Waals surface area contributed by atoms with Gasteiger partial charge >= 0.3 is 0 Å². The Labute approximate surface area is 124 Å². The summed E-state index contributed by atoms with van der Waals surface area (Å²) >= 11 is 11.2. The average molecular weight is 347 g/mol. The van der Waals surface area contributed by atoms with Crippen LogP contribution in [0.5, 0.6) is 0 Å². The van der Waals surface area contributed by atoms with Crippen molar-refractivity contribution in [3.05, 3.63) is 38.3 Å². The van der Waals surface area contributed by atoms with Crippen molar-refractivity contribution in [3.8, 4) is 0 Å². The van der Waals surface area contributed by atoms with Crippen LogP contribution in [0.25, 0.3) is 0 Å². The van der Waals surface area contributed by atoms with Gasteiger partial charge in [0.15, 0.2) is 0 Å². The van der Waals surface area contributed by atoms with Gasteiger partial charge in [-0.15, -0.1) is 11.3 Å². The Kier molecular flexibility index (Phi) is 4.59. The molecule has 2 aromatic heterocycles. The zero-order valence-corrected chi connectivity index (χ0v) is 13.3. The van der Waals surface area contributed by atoms with Gasteiger partial charge in [-0.2, -0.15) is 0 Å². The number of halogens is 2. The third-order valence-corrected chi connectivity index (χ3v) is 4.94. The second-order valence-electron chi connectivity index (χ2n) is 4.05. The third-order valence-electron chi connectivity index (χ3n) is 2.80. The van der Waals surface area contributed by atoms with Crippen molar-refractivity contribution >= 4 is 44.7 Å². The van der Waals surface area contributed by atoms with Crippen molar-refractivity contribution in [2.45, 2.75) is 19.4 Å². The summed E-state index contributed by atoms with van der Waals surface area (Å²) in [6.45, 7) is 2.17. The number of anilines is 1. The molecule has 2 rings (SSSR count). The fourth-order valence-corrected chi connectivity index (χ4v) is 3.09. The highest BCUT2D eigenvalue weighted by molar-refractivity contribution is 9.10. The van der Waals surface area contributed by atoms with Crippen LogP contribution in [0.15, 0.2) is 28.3 Å². The molecule has 3 nitrogen and oxygen atoms in total. The maximum atomic E-state index is 5.98. The number of thiophene rings is 1. The van der Waals surface area contributed by atoms with Crippen LogP contribution in [-0.2, 0) is 6.42 Å². The maximum absolute atomic E-state index is 5.98. The molecule has 6 heteroatoms. The van der Waals surface area contributed by atoms with E-state index < -0.39 is 0 Å². The molecule has 0 aliphatic rings. The highest BCUT2D eigenvalue weighted by Gasteiger charge is 2.17. The molecule has 0 radical (unpaired) electrons. The van der Waals surface area contributed by atoms with Gasteiger partial charge in [0.2, 0.25) is 0 Å². The van der Waals surface area contributed by atoms with Gasteiger partial charge in [-0.3, -0.25) is 0 Å². The van der Waals surface area contributed by atoms with Gasteiger partial charge in [0.1, 0.15) is 17.3 Å². The van der Waals surface area contributed by atoms with Crippen LogP contribution < -0.4 is 4.90 Å². The minimum absolute atomic E-state index is 0.339. The minimum Gasteiger partial charge on any atom is -0.356 e. The molecule has 0 N–H and O–H groups in total. The summed E-state index contributed by atoms with van der Waals surface area (Å²) in [7, 11) is 2.02. The lowest BCUT2D eigenvalue weighted by molar-refractivity contribution is 0.678. The standard InChI is InChI=1S/C12H13BrClN3S/c1-8(6-9-4-3-5-18-9)17(2)12-10(13)11(14)15-7-16-12/h3-5,7-8H,6H2,1-2H3. The first-order chi connectivity index (χ1) is 8.59. The Morgan fingerprint density at radius 2 is 2.28 bits per heavy atom. The molecule has 0 saturated heterocycles. The van der Waals surface area contributed by atoms with Gasteiger partial charge in [-0.1, -0.05) is 17.7 Å². The smallest absolute Gasteiger partial charge is 0.148 e.